The Bertz CT molecular complexity index is 251. The minimum absolute atomic E-state index is 0.793. The lowest BCUT2D eigenvalue weighted by molar-refractivity contribution is 0.530. The number of rotatable bonds is 17. The molecule has 0 aliphatic carbocycles. The quantitative estimate of drug-likeness (QED) is 0.185. The molecule has 138 valence electrons. The highest BCUT2D eigenvalue weighted by molar-refractivity contribution is 5.03. The molecule has 0 rings (SSSR count). The van der Waals surface area contributed by atoms with Crippen molar-refractivity contribution in [3.63, 3.8) is 0 Å². The first-order valence-electron chi connectivity index (χ1n) is 10.9. The third-order valence-electron chi connectivity index (χ3n) is 5.44. The Morgan fingerprint density at radius 3 is 1.39 bits per heavy atom. The fourth-order valence-corrected chi connectivity index (χ4v) is 3.46. The third-order valence-corrected chi connectivity index (χ3v) is 5.44. The van der Waals surface area contributed by atoms with Gasteiger partial charge in [-0.2, -0.15) is 0 Å². The molecule has 23 heavy (non-hydrogen) atoms. The van der Waals surface area contributed by atoms with Crippen LogP contribution in [0.1, 0.15) is 130 Å². The van der Waals surface area contributed by atoms with E-state index >= 15 is 0 Å². The third kappa shape index (κ3) is 15.0. The van der Waals surface area contributed by atoms with Crippen LogP contribution in [0.4, 0.5) is 0 Å². The van der Waals surface area contributed by atoms with Gasteiger partial charge in [0.2, 0.25) is 0 Å². The first-order chi connectivity index (χ1) is 11.3. The molecular weight excluding hydrogens is 276 g/mol. The minimum atomic E-state index is 0.793. The van der Waals surface area contributed by atoms with Crippen LogP contribution >= 0.6 is 0 Å². The summed E-state index contributed by atoms with van der Waals surface area (Å²) >= 11 is 0. The minimum Gasteiger partial charge on any atom is -0.0882 e. The zero-order valence-electron chi connectivity index (χ0n) is 17.0. The van der Waals surface area contributed by atoms with Gasteiger partial charge in [-0.3, -0.25) is 0 Å². The monoisotopic (exact) mass is 322 g/mol. The maximum atomic E-state index is 2.37. The molecule has 1 atom stereocenters. The molecule has 0 nitrogen and oxygen atoms in total. The molecule has 0 amide bonds. The van der Waals surface area contributed by atoms with E-state index in [1.807, 2.05) is 0 Å². The number of allylic oxidation sites excluding steroid dienone is 2. The highest BCUT2D eigenvalue weighted by Crippen LogP contribution is 2.21. The summed E-state index contributed by atoms with van der Waals surface area (Å²) < 4.78 is 0. The SMILES string of the molecule is CC=C(CCCCCCCCCCCCCCCC)C(C)CC. The predicted molar refractivity (Wildman–Crippen MR) is 108 cm³/mol. The van der Waals surface area contributed by atoms with Crippen molar-refractivity contribution >= 4 is 0 Å². The van der Waals surface area contributed by atoms with E-state index in [4.69, 9.17) is 0 Å². The van der Waals surface area contributed by atoms with Gasteiger partial charge < -0.3 is 0 Å². The summed E-state index contributed by atoms with van der Waals surface area (Å²) in [5.74, 6) is 0.793. The molecule has 0 saturated carbocycles. The zero-order chi connectivity index (χ0) is 17.2. The molecule has 0 aromatic heterocycles. The Morgan fingerprint density at radius 1 is 0.652 bits per heavy atom. The van der Waals surface area contributed by atoms with Crippen LogP contribution < -0.4 is 0 Å². The van der Waals surface area contributed by atoms with Crippen molar-refractivity contribution in [3.8, 4) is 0 Å². The van der Waals surface area contributed by atoms with E-state index in [2.05, 4.69) is 33.8 Å². The van der Waals surface area contributed by atoms with E-state index in [-0.39, 0.29) is 0 Å². The van der Waals surface area contributed by atoms with E-state index < -0.39 is 0 Å². The Kier molecular flexibility index (Phi) is 17.9. The van der Waals surface area contributed by atoms with Crippen molar-refractivity contribution in [2.45, 2.75) is 130 Å². The van der Waals surface area contributed by atoms with E-state index in [1.165, 1.54) is 103 Å². The molecule has 0 fully saturated rings. The van der Waals surface area contributed by atoms with Gasteiger partial charge in [0, 0.05) is 0 Å². The van der Waals surface area contributed by atoms with Crippen LogP contribution in [0.15, 0.2) is 11.6 Å². The molecule has 0 aromatic rings. The van der Waals surface area contributed by atoms with Crippen molar-refractivity contribution < 1.29 is 0 Å². The van der Waals surface area contributed by atoms with Crippen molar-refractivity contribution in [2.75, 3.05) is 0 Å². The summed E-state index contributed by atoms with van der Waals surface area (Å²) in [6, 6.07) is 0. The molecule has 0 heteroatoms. The fraction of sp³-hybridized carbons (Fsp3) is 0.913. The topological polar surface area (TPSA) is 0 Å². The van der Waals surface area contributed by atoms with Crippen molar-refractivity contribution in [1.29, 1.82) is 0 Å². The maximum absolute atomic E-state index is 2.37. The van der Waals surface area contributed by atoms with Gasteiger partial charge in [0.05, 0.1) is 0 Å². The van der Waals surface area contributed by atoms with Gasteiger partial charge in [0.1, 0.15) is 0 Å². The average Bonchev–Trinajstić information content (AvgIpc) is 2.58. The number of hydrogen-bond donors (Lipinski definition) is 0. The molecule has 0 N–H and O–H groups in total. The van der Waals surface area contributed by atoms with Crippen LogP contribution in [0.3, 0.4) is 0 Å². The smallest absolute Gasteiger partial charge is 0.0234 e. The first-order valence-corrected chi connectivity index (χ1v) is 10.9. The summed E-state index contributed by atoms with van der Waals surface area (Å²) in [4.78, 5) is 0. The normalized spacial score (nSPS) is 13.5. The summed E-state index contributed by atoms with van der Waals surface area (Å²) in [5.41, 5.74) is 1.69. The van der Waals surface area contributed by atoms with Gasteiger partial charge in [-0.25, -0.2) is 0 Å². The Hall–Kier alpha value is -0.260. The second kappa shape index (κ2) is 18.1. The van der Waals surface area contributed by atoms with Crippen LogP contribution in [0.5, 0.6) is 0 Å². The Balaban J connectivity index is 3.22. The molecule has 0 aliphatic heterocycles. The summed E-state index contributed by atoms with van der Waals surface area (Å²) in [7, 11) is 0. The Labute approximate surface area is 148 Å². The van der Waals surface area contributed by atoms with Crippen molar-refractivity contribution in [1.82, 2.24) is 0 Å². The second-order valence-electron chi connectivity index (χ2n) is 7.52. The standard InChI is InChI=1S/C23H46/c1-5-8-9-10-11-12-13-14-15-16-17-18-19-20-21-23(7-3)22(4)6-2/h7,22H,5-6,8-21H2,1-4H3. The highest BCUT2D eigenvalue weighted by Gasteiger charge is 2.04. The van der Waals surface area contributed by atoms with Crippen LogP contribution in [0.2, 0.25) is 0 Å². The van der Waals surface area contributed by atoms with Gasteiger partial charge in [-0.05, 0) is 32.1 Å². The molecule has 1 unspecified atom stereocenters. The lowest BCUT2D eigenvalue weighted by atomic mass is 9.93. The lowest BCUT2D eigenvalue weighted by Gasteiger charge is -2.13. The van der Waals surface area contributed by atoms with Crippen LogP contribution in [0.25, 0.3) is 0 Å². The highest BCUT2D eigenvalue weighted by atomic mass is 14.1. The van der Waals surface area contributed by atoms with E-state index in [0.717, 1.165) is 5.92 Å². The summed E-state index contributed by atoms with van der Waals surface area (Å²) in [6.45, 7) is 9.19. The van der Waals surface area contributed by atoms with Crippen LogP contribution in [-0.4, -0.2) is 0 Å². The summed E-state index contributed by atoms with van der Waals surface area (Å²) in [6.07, 6.45) is 25.3. The maximum Gasteiger partial charge on any atom is -0.0234 e. The van der Waals surface area contributed by atoms with E-state index in [9.17, 15) is 0 Å². The molecular formula is C23H46. The molecule has 0 bridgehead atoms. The van der Waals surface area contributed by atoms with Gasteiger partial charge in [-0.1, -0.05) is 116 Å². The molecule has 0 aromatic carbocycles. The first kappa shape index (κ1) is 22.7. The molecule has 0 heterocycles. The average molecular weight is 323 g/mol. The second-order valence-corrected chi connectivity index (χ2v) is 7.52. The van der Waals surface area contributed by atoms with Gasteiger partial charge >= 0.3 is 0 Å². The van der Waals surface area contributed by atoms with Crippen LogP contribution in [0, 0.1) is 5.92 Å². The summed E-state index contributed by atoms with van der Waals surface area (Å²) in [5, 5.41) is 0. The van der Waals surface area contributed by atoms with E-state index in [0.29, 0.717) is 0 Å². The van der Waals surface area contributed by atoms with Gasteiger partial charge in [0.25, 0.3) is 0 Å². The predicted octanol–water partition coefficient (Wildman–Crippen LogP) is 8.85. The lowest BCUT2D eigenvalue weighted by Crippen LogP contribution is -1.97. The largest absolute Gasteiger partial charge is 0.0882 e. The van der Waals surface area contributed by atoms with Crippen LogP contribution in [-0.2, 0) is 0 Å². The van der Waals surface area contributed by atoms with Gasteiger partial charge in [-0.15, -0.1) is 0 Å². The zero-order valence-corrected chi connectivity index (χ0v) is 17.0. The number of unbranched alkanes of at least 4 members (excludes halogenated alkanes) is 13. The fourth-order valence-electron chi connectivity index (χ4n) is 3.46. The van der Waals surface area contributed by atoms with E-state index in [1.54, 1.807) is 5.57 Å². The molecule has 0 spiro atoms. The molecule has 0 saturated heterocycles. The van der Waals surface area contributed by atoms with Gasteiger partial charge in [0.15, 0.2) is 0 Å². The van der Waals surface area contributed by atoms with Crippen molar-refractivity contribution in [3.05, 3.63) is 11.6 Å². The Morgan fingerprint density at radius 2 is 1.04 bits per heavy atom. The molecule has 0 aliphatic rings. The number of hydrogen-bond acceptors (Lipinski definition) is 0. The van der Waals surface area contributed by atoms with Crippen molar-refractivity contribution in [2.24, 2.45) is 5.92 Å². The molecule has 0 radical (unpaired) electrons.